The van der Waals surface area contributed by atoms with Gasteiger partial charge in [-0.3, -0.25) is 0 Å². The van der Waals surface area contributed by atoms with Crippen molar-refractivity contribution >= 4 is 24.7 Å². The Hall–Kier alpha value is -0.870. The molecule has 1 saturated carbocycles. The van der Waals surface area contributed by atoms with E-state index in [2.05, 4.69) is 49.4 Å². The molecule has 1 aliphatic rings. The van der Waals surface area contributed by atoms with Crippen LogP contribution in [0.1, 0.15) is 39.0 Å². The van der Waals surface area contributed by atoms with E-state index in [1.54, 1.807) is 5.30 Å². The summed E-state index contributed by atoms with van der Waals surface area (Å²) in [4.78, 5) is 0. The first-order valence-electron chi connectivity index (χ1n) is 7.03. The highest BCUT2D eigenvalue weighted by Crippen LogP contribution is 2.44. The van der Waals surface area contributed by atoms with Gasteiger partial charge in [-0.15, -0.1) is 0 Å². The molecule has 0 heterocycles. The summed E-state index contributed by atoms with van der Waals surface area (Å²) < 4.78 is 0. The summed E-state index contributed by atoms with van der Waals surface area (Å²) in [6, 6.07) is 15.6. The highest BCUT2D eigenvalue weighted by atomic mass is 31.1. The Morgan fingerprint density at radius 2 is 1.61 bits per heavy atom. The summed E-state index contributed by atoms with van der Waals surface area (Å²) in [5.41, 5.74) is 0. The average Bonchev–Trinajstić information content (AvgIpc) is 2.40. The molecule has 3 rings (SSSR count). The average molecular weight is 256 g/mol. The van der Waals surface area contributed by atoms with Crippen LogP contribution >= 0.6 is 8.58 Å². The van der Waals surface area contributed by atoms with Gasteiger partial charge in [-0.05, 0) is 34.1 Å². The van der Waals surface area contributed by atoms with E-state index in [0.29, 0.717) is 5.16 Å². The van der Waals surface area contributed by atoms with Gasteiger partial charge in [-0.25, -0.2) is 0 Å². The molecular weight excluding hydrogens is 235 g/mol. The van der Waals surface area contributed by atoms with Crippen molar-refractivity contribution in [1.29, 1.82) is 0 Å². The third kappa shape index (κ3) is 2.45. The summed E-state index contributed by atoms with van der Waals surface area (Å²) in [7, 11) is 0.960. The van der Waals surface area contributed by atoms with Gasteiger partial charge in [0.25, 0.3) is 0 Å². The molecule has 18 heavy (non-hydrogen) atoms. The van der Waals surface area contributed by atoms with Crippen molar-refractivity contribution < 1.29 is 0 Å². The van der Waals surface area contributed by atoms with Crippen LogP contribution in [0.5, 0.6) is 0 Å². The van der Waals surface area contributed by atoms with E-state index in [1.807, 2.05) is 0 Å². The van der Waals surface area contributed by atoms with E-state index in [-0.39, 0.29) is 0 Å². The van der Waals surface area contributed by atoms with E-state index in [0.717, 1.165) is 8.58 Å². The summed E-state index contributed by atoms with van der Waals surface area (Å²) in [5.74, 6) is 0. The lowest BCUT2D eigenvalue weighted by atomic mass is 9.90. The molecule has 0 aromatic heterocycles. The SMILES string of the molecule is CC1(Pc2cccc3ccccc23)CCCCC1. The normalized spacial score (nSPS) is 19.6. The van der Waals surface area contributed by atoms with Crippen molar-refractivity contribution in [3.8, 4) is 0 Å². The molecule has 1 heteroatoms. The Morgan fingerprint density at radius 3 is 2.44 bits per heavy atom. The zero-order valence-corrected chi connectivity index (χ0v) is 12.1. The Bertz CT molecular complexity index is 533. The van der Waals surface area contributed by atoms with Crippen molar-refractivity contribution in [2.45, 2.75) is 44.2 Å². The molecule has 0 amide bonds. The molecule has 2 aromatic carbocycles. The van der Waals surface area contributed by atoms with E-state index in [1.165, 1.54) is 42.9 Å². The highest BCUT2D eigenvalue weighted by Gasteiger charge is 2.27. The lowest BCUT2D eigenvalue weighted by Crippen LogP contribution is -2.24. The van der Waals surface area contributed by atoms with E-state index >= 15 is 0 Å². The first kappa shape index (κ1) is 12.2. The second-order valence-electron chi connectivity index (χ2n) is 5.77. The van der Waals surface area contributed by atoms with E-state index < -0.39 is 0 Å². The molecule has 0 bridgehead atoms. The van der Waals surface area contributed by atoms with Crippen LogP contribution in [0.3, 0.4) is 0 Å². The summed E-state index contributed by atoms with van der Waals surface area (Å²) >= 11 is 0. The van der Waals surface area contributed by atoms with Crippen molar-refractivity contribution in [3.05, 3.63) is 42.5 Å². The highest BCUT2D eigenvalue weighted by molar-refractivity contribution is 7.49. The third-order valence-corrected chi connectivity index (χ3v) is 5.99. The minimum Gasteiger partial charge on any atom is -0.0836 e. The molecule has 1 fully saturated rings. The molecule has 94 valence electrons. The molecule has 0 saturated heterocycles. The van der Waals surface area contributed by atoms with Crippen molar-refractivity contribution in [2.75, 3.05) is 0 Å². The first-order valence-corrected chi connectivity index (χ1v) is 8.03. The number of hydrogen-bond acceptors (Lipinski definition) is 0. The predicted octanol–water partition coefficient (Wildman–Crippen LogP) is 4.87. The number of benzene rings is 2. The maximum atomic E-state index is 2.49. The van der Waals surface area contributed by atoms with Crippen LogP contribution < -0.4 is 5.30 Å². The number of hydrogen-bond donors (Lipinski definition) is 0. The molecule has 1 atom stereocenters. The smallest absolute Gasteiger partial charge is 0.0109 e. The predicted molar refractivity (Wildman–Crippen MR) is 83.4 cm³/mol. The van der Waals surface area contributed by atoms with Gasteiger partial charge in [-0.1, -0.05) is 77.2 Å². The fraction of sp³-hybridized carbons (Fsp3) is 0.412. The zero-order valence-electron chi connectivity index (χ0n) is 11.1. The molecule has 1 unspecified atom stereocenters. The van der Waals surface area contributed by atoms with Gasteiger partial charge in [-0.2, -0.15) is 0 Å². The Kier molecular flexibility index (Phi) is 3.39. The summed E-state index contributed by atoms with van der Waals surface area (Å²) in [6.45, 7) is 2.49. The molecule has 1 aliphatic carbocycles. The van der Waals surface area contributed by atoms with E-state index in [4.69, 9.17) is 0 Å². The monoisotopic (exact) mass is 256 g/mol. The number of fused-ring (bicyclic) bond motifs is 1. The van der Waals surface area contributed by atoms with Gasteiger partial charge in [0.1, 0.15) is 0 Å². The Balaban J connectivity index is 1.94. The molecular formula is C17H21P. The second-order valence-corrected chi connectivity index (χ2v) is 7.77. The Labute approximate surface area is 112 Å². The maximum Gasteiger partial charge on any atom is -0.0109 e. The second kappa shape index (κ2) is 5.02. The van der Waals surface area contributed by atoms with Gasteiger partial charge in [0.2, 0.25) is 0 Å². The van der Waals surface area contributed by atoms with Crippen LogP contribution in [0.2, 0.25) is 0 Å². The zero-order chi connectivity index (χ0) is 12.4. The minimum atomic E-state index is 0.558. The maximum absolute atomic E-state index is 2.49. The van der Waals surface area contributed by atoms with Crippen molar-refractivity contribution in [1.82, 2.24) is 0 Å². The van der Waals surface area contributed by atoms with Crippen LogP contribution in [0.15, 0.2) is 42.5 Å². The molecule has 2 aromatic rings. The van der Waals surface area contributed by atoms with Crippen molar-refractivity contribution in [3.63, 3.8) is 0 Å². The van der Waals surface area contributed by atoms with Crippen LogP contribution in [0.4, 0.5) is 0 Å². The van der Waals surface area contributed by atoms with Gasteiger partial charge < -0.3 is 0 Å². The minimum absolute atomic E-state index is 0.558. The Morgan fingerprint density at radius 1 is 0.889 bits per heavy atom. The van der Waals surface area contributed by atoms with Gasteiger partial charge in [0.15, 0.2) is 0 Å². The van der Waals surface area contributed by atoms with Crippen LogP contribution in [0.25, 0.3) is 10.8 Å². The number of rotatable bonds is 2. The van der Waals surface area contributed by atoms with Crippen LogP contribution in [0, 0.1) is 0 Å². The fourth-order valence-corrected chi connectivity index (χ4v) is 4.91. The van der Waals surface area contributed by atoms with Crippen molar-refractivity contribution in [2.24, 2.45) is 0 Å². The first-order chi connectivity index (χ1) is 8.77. The fourth-order valence-electron chi connectivity index (χ4n) is 3.12. The van der Waals surface area contributed by atoms with Gasteiger partial charge in [0, 0.05) is 0 Å². The molecule has 0 radical (unpaired) electrons. The summed E-state index contributed by atoms with van der Waals surface area (Å²) in [5, 5.41) is 4.98. The quantitative estimate of drug-likeness (QED) is 0.673. The lowest BCUT2D eigenvalue weighted by molar-refractivity contribution is 0.419. The summed E-state index contributed by atoms with van der Waals surface area (Å²) in [6.07, 6.45) is 7.11. The molecule has 0 N–H and O–H groups in total. The van der Waals surface area contributed by atoms with E-state index in [9.17, 15) is 0 Å². The lowest BCUT2D eigenvalue weighted by Gasteiger charge is -2.34. The van der Waals surface area contributed by atoms with Crippen LogP contribution in [-0.4, -0.2) is 5.16 Å². The van der Waals surface area contributed by atoms with Gasteiger partial charge in [0.05, 0.1) is 0 Å². The molecule has 0 nitrogen and oxygen atoms in total. The standard InChI is InChI=1S/C17H21P/c1-17(12-5-2-6-13-17)18-16-11-7-9-14-8-3-4-10-15(14)16/h3-4,7-11,18H,2,5-6,12-13H2,1H3. The largest absolute Gasteiger partial charge is 0.0836 e. The third-order valence-electron chi connectivity index (χ3n) is 4.18. The van der Waals surface area contributed by atoms with Crippen LogP contribution in [-0.2, 0) is 0 Å². The van der Waals surface area contributed by atoms with Gasteiger partial charge >= 0.3 is 0 Å². The molecule has 0 spiro atoms. The molecule has 0 aliphatic heterocycles. The topological polar surface area (TPSA) is 0 Å².